The van der Waals surface area contributed by atoms with E-state index in [2.05, 4.69) is 10.3 Å². The van der Waals surface area contributed by atoms with Crippen molar-refractivity contribution in [3.63, 3.8) is 0 Å². The minimum absolute atomic E-state index is 0.0721. The van der Waals surface area contributed by atoms with Gasteiger partial charge in [0.15, 0.2) is 28.2 Å². The zero-order valence-electron chi connectivity index (χ0n) is 28.5. The third kappa shape index (κ3) is 8.21. The van der Waals surface area contributed by atoms with Crippen LogP contribution in [-0.4, -0.2) is 47.5 Å². The highest BCUT2D eigenvalue weighted by Gasteiger charge is 2.36. The van der Waals surface area contributed by atoms with E-state index < -0.39 is 79.6 Å². The molecule has 1 heterocycles. The molecule has 0 unspecified atom stereocenters. The molecule has 1 aromatic heterocycles. The highest BCUT2D eigenvalue weighted by atomic mass is 32.2. The van der Waals surface area contributed by atoms with Crippen LogP contribution in [0, 0.1) is 23.3 Å². The molecule has 0 aliphatic heterocycles. The predicted octanol–water partition coefficient (Wildman–Crippen LogP) is 8.24. The Hall–Kier alpha value is -5.65. The van der Waals surface area contributed by atoms with Crippen molar-refractivity contribution in [3.05, 3.63) is 107 Å². The van der Waals surface area contributed by atoms with E-state index in [1.165, 1.54) is 62.0 Å². The number of imidazole rings is 1. The lowest BCUT2D eigenvalue weighted by Crippen LogP contribution is -2.34. The molecule has 5 rings (SSSR count). The Morgan fingerprint density at radius 2 is 1.51 bits per heavy atom. The maximum absolute atomic E-state index is 15.0. The Morgan fingerprint density at radius 3 is 2.09 bits per heavy atom. The van der Waals surface area contributed by atoms with Crippen molar-refractivity contribution in [2.75, 3.05) is 17.1 Å². The number of nitrogens with one attached hydrogen (secondary N) is 2. The number of benzene rings is 4. The van der Waals surface area contributed by atoms with Gasteiger partial charge in [-0.15, -0.1) is 0 Å². The van der Waals surface area contributed by atoms with Crippen LogP contribution in [0.25, 0.3) is 22.2 Å². The molecule has 0 fully saturated rings. The number of sulfonamides is 1. The minimum Gasteiger partial charge on any atom is -0.444 e. The summed E-state index contributed by atoms with van der Waals surface area (Å²) in [5.74, 6) is -9.36. The van der Waals surface area contributed by atoms with Crippen molar-refractivity contribution in [2.45, 2.75) is 44.0 Å². The SMILES string of the molecule is CN(Cc1c(F)c(F)c(S(=O)(=O)Nc2ccc(C(=O)Nc3cccc(-c4cc5ncn(C)c5cc4C(F)(F)F)c3)cc2)c(F)c1F)C(=O)OC(C)(C)C. The quantitative estimate of drug-likeness (QED) is 0.121. The van der Waals surface area contributed by atoms with Gasteiger partial charge in [-0.2, -0.15) is 13.2 Å². The van der Waals surface area contributed by atoms with Gasteiger partial charge < -0.3 is 19.5 Å². The van der Waals surface area contributed by atoms with Crippen LogP contribution in [0.3, 0.4) is 0 Å². The molecule has 2 amide bonds. The maximum Gasteiger partial charge on any atom is 0.417 e. The number of aromatic nitrogens is 2. The van der Waals surface area contributed by atoms with Gasteiger partial charge in [0.2, 0.25) is 0 Å². The molecule has 280 valence electrons. The highest BCUT2D eigenvalue weighted by molar-refractivity contribution is 7.92. The first-order chi connectivity index (χ1) is 24.6. The maximum atomic E-state index is 15.0. The van der Waals surface area contributed by atoms with Gasteiger partial charge >= 0.3 is 12.3 Å². The fraction of sp³-hybridized carbons (Fsp3) is 0.229. The lowest BCUT2D eigenvalue weighted by atomic mass is 9.98. The molecule has 0 atom stereocenters. The summed E-state index contributed by atoms with van der Waals surface area (Å²) >= 11 is 0. The zero-order chi connectivity index (χ0) is 39.2. The van der Waals surface area contributed by atoms with Crippen LogP contribution in [-0.2, 0) is 34.5 Å². The van der Waals surface area contributed by atoms with Gasteiger partial charge in [-0.1, -0.05) is 12.1 Å². The first-order valence-corrected chi connectivity index (χ1v) is 16.9. The molecule has 0 aliphatic carbocycles. The normalized spacial score (nSPS) is 12.2. The molecule has 0 saturated heterocycles. The standard InChI is InChI=1S/C35H30F7N5O5S/c1-34(2,3)52-33(49)46(4)16-23-27(36)29(38)31(30(39)28(23)37)53(50,51)45-20-11-9-18(10-12-20)32(48)44-21-8-6-7-19(13-21)22-14-25-26(47(5)17-43-25)15-24(22)35(40,41)42/h6-15,17,45H,16H2,1-5H3,(H,44,48). The van der Waals surface area contributed by atoms with E-state index in [1.54, 1.807) is 11.8 Å². The number of aryl methyl sites for hydroxylation is 1. The van der Waals surface area contributed by atoms with Crippen molar-refractivity contribution in [1.82, 2.24) is 14.5 Å². The van der Waals surface area contributed by atoms with Crippen LogP contribution in [0.2, 0.25) is 0 Å². The second kappa shape index (κ2) is 14.1. The number of nitrogens with zero attached hydrogens (tertiary/aromatic N) is 3. The number of hydrogen-bond acceptors (Lipinski definition) is 6. The summed E-state index contributed by atoms with van der Waals surface area (Å²) in [6.07, 6.45) is -4.40. The van der Waals surface area contributed by atoms with Gasteiger partial charge in [0.1, 0.15) is 5.60 Å². The first-order valence-electron chi connectivity index (χ1n) is 15.4. The number of hydrogen-bond donors (Lipinski definition) is 2. The smallest absolute Gasteiger partial charge is 0.417 e. The Kier molecular flexibility index (Phi) is 10.2. The van der Waals surface area contributed by atoms with Crippen LogP contribution in [0.1, 0.15) is 42.3 Å². The van der Waals surface area contributed by atoms with Crippen LogP contribution >= 0.6 is 0 Å². The van der Waals surface area contributed by atoms with Crippen molar-refractivity contribution >= 4 is 44.4 Å². The number of rotatable bonds is 8. The largest absolute Gasteiger partial charge is 0.444 e. The van der Waals surface area contributed by atoms with Gasteiger partial charge in [0.25, 0.3) is 15.9 Å². The second-order valence-electron chi connectivity index (χ2n) is 12.9. The molecule has 0 spiro atoms. The van der Waals surface area contributed by atoms with Gasteiger partial charge in [-0.05, 0) is 80.4 Å². The molecule has 0 aliphatic rings. The van der Waals surface area contributed by atoms with Crippen LogP contribution in [0.5, 0.6) is 0 Å². The highest BCUT2D eigenvalue weighted by Crippen LogP contribution is 2.40. The summed E-state index contributed by atoms with van der Waals surface area (Å²) in [4.78, 5) is 28.0. The number of alkyl halides is 3. The Balaban J connectivity index is 1.33. The number of anilines is 2. The van der Waals surface area contributed by atoms with E-state index >= 15 is 8.78 Å². The van der Waals surface area contributed by atoms with E-state index in [-0.39, 0.29) is 33.6 Å². The number of ether oxygens (including phenoxy) is 1. The van der Waals surface area contributed by atoms with Crippen LogP contribution < -0.4 is 10.0 Å². The molecular formula is C35H30F7N5O5S. The predicted molar refractivity (Wildman–Crippen MR) is 180 cm³/mol. The van der Waals surface area contributed by atoms with Gasteiger partial charge in [-0.3, -0.25) is 9.52 Å². The third-order valence-corrected chi connectivity index (χ3v) is 9.08. The lowest BCUT2D eigenvalue weighted by molar-refractivity contribution is -0.137. The monoisotopic (exact) mass is 765 g/mol. The van der Waals surface area contributed by atoms with E-state index in [1.807, 2.05) is 0 Å². The van der Waals surface area contributed by atoms with E-state index in [0.29, 0.717) is 10.4 Å². The molecule has 53 heavy (non-hydrogen) atoms. The third-order valence-electron chi connectivity index (χ3n) is 7.68. The molecule has 4 aromatic carbocycles. The lowest BCUT2D eigenvalue weighted by Gasteiger charge is -2.25. The second-order valence-corrected chi connectivity index (χ2v) is 14.5. The summed E-state index contributed by atoms with van der Waals surface area (Å²) in [7, 11) is -2.71. The Morgan fingerprint density at radius 1 is 0.887 bits per heavy atom. The first kappa shape index (κ1) is 38.6. The summed E-state index contributed by atoms with van der Waals surface area (Å²) in [6, 6.07) is 12.1. The molecule has 0 radical (unpaired) electrons. The van der Waals surface area contributed by atoms with E-state index in [9.17, 15) is 40.0 Å². The fourth-order valence-electron chi connectivity index (χ4n) is 5.18. The van der Waals surface area contributed by atoms with Crippen molar-refractivity contribution in [2.24, 2.45) is 7.05 Å². The number of fused-ring (bicyclic) bond motifs is 1. The topological polar surface area (TPSA) is 123 Å². The van der Waals surface area contributed by atoms with Crippen LogP contribution in [0.4, 0.5) is 46.9 Å². The van der Waals surface area contributed by atoms with Crippen molar-refractivity contribution in [1.29, 1.82) is 0 Å². The molecule has 0 saturated carbocycles. The molecule has 10 nitrogen and oxygen atoms in total. The summed E-state index contributed by atoms with van der Waals surface area (Å²) < 4.78 is 136. The van der Waals surface area contributed by atoms with E-state index in [0.717, 1.165) is 37.4 Å². The summed E-state index contributed by atoms with van der Waals surface area (Å²) in [5, 5.41) is 2.53. The molecule has 18 heteroatoms. The Bertz CT molecular complexity index is 2330. The molecular weight excluding hydrogens is 735 g/mol. The number of amides is 2. The van der Waals surface area contributed by atoms with Crippen molar-refractivity contribution in [3.8, 4) is 11.1 Å². The van der Waals surface area contributed by atoms with Gasteiger partial charge in [-0.25, -0.2) is 35.8 Å². The van der Waals surface area contributed by atoms with Gasteiger partial charge in [0.05, 0.1) is 29.5 Å². The number of halogens is 7. The van der Waals surface area contributed by atoms with Gasteiger partial charge in [0, 0.05) is 36.6 Å². The number of carbonyl (C=O) groups excluding carboxylic acids is 2. The summed E-state index contributed by atoms with van der Waals surface area (Å²) in [6.45, 7) is 3.54. The van der Waals surface area contributed by atoms with Crippen molar-refractivity contribution < 1.29 is 53.5 Å². The number of carbonyl (C=O) groups is 2. The molecule has 0 bridgehead atoms. The summed E-state index contributed by atoms with van der Waals surface area (Å²) in [5.41, 5.74) is -2.95. The van der Waals surface area contributed by atoms with Crippen LogP contribution in [0.15, 0.2) is 71.9 Å². The minimum atomic E-state index is -5.32. The average Bonchev–Trinajstić information content (AvgIpc) is 3.43. The molecule has 5 aromatic rings. The average molecular weight is 766 g/mol. The Labute approximate surface area is 298 Å². The molecule has 2 N–H and O–H groups in total. The zero-order valence-corrected chi connectivity index (χ0v) is 29.3. The fourth-order valence-corrected chi connectivity index (χ4v) is 6.38. The van der Waals surface area contributed by atoms with E-state index in [4.69, 9.17) is 4.74 Å².